The number of nitrogens with one attached hydrogen (secondary N) is 1. The predicted molar refractivity (Wildman–Crippen MR) is 193 cm³/mol. The van der Waals surface area contributed by atoms with E-state index in [0.29, 0.717) is 77.6 Å². The molecule has 2 atom stereocenters. The van der Waals surface area contributed by atoms with E-state index < -0.39 is 5.97 Å². The lowest BCUT2D eigenvalue weighted by Gasteiger charge is -2.31. The Balaban J connectivity index is 1.09. The predicted octanol–water partition coefficient (Wildman–Crippen LogP) is 6.36. The Morgan fingerprint density at radius 1 is 1.00 bits per heavy atom. The lowest BCUT2D eigenvalue weighted by molar-refractivity contribution is -0.141. The maximum absolute atomic E-state index is 11.4. The van der Waals surface area contributed by atoms with Crippen LogP contribution in [0.15, 0.2) is 48.7 Å². The molecule has 2 aromatic heterocycles. The van der Waals surface area contributed by atoms with E-state index in [1.807, 2.05) is 24.3 Å². The maximum Gasteiger partial charge on any atom is 0.307 e. The number of aliphatic hydroxyl groups is 1. The fourth-order valence-corrected chi connectivity index (χ4v) is 7.97. The van der Waals surface area contributed by atoms with Gasteiger partial charge in [-0.3, -0.25) is 14.7 Å². The SMILES string of the molecule is COc1nc(O[C@H]2CCc3c(-c4cccc(-c5cnc(CNCC6CC(O)C6)c(OC)n5)c4Cl)cccc32)c(Cl)cc1CN1CC[C@H](C(=O)O)C1. The molecule has 3 heterocycles. The summed E-state index contributed by atoms with van der Waals surface area (Å²) in [6.07, 6.45) is 5.06. The number of pyridine rings is 1. The van der Waals surface area contributed by atoms with Crippen molar-refractivity contribution in [2.75, 3.05) is 33.9 Å². The van der Waals surface area contributed by atoms with E-state index in [0.717, 1.165) is 65.6 Å². The van der Waals surface area contributed by atoms with Crippen LogP contribution in [-0.2, 0) is 24.3 Å². The molecule has 1 saturated carbocycles. The van der Waals surface area contributed by atoms with Crippen molar-refractivity contribution >= 4 is 29.2 Å². The van der Waals surface area contributed by atoms with E-state index in [-0.39, 0.29) is 18.1 Å². The third-order valence-electron chi connectivity index (χ3n) is 10.2. The van der Waals surface area contributed by atoms with E-state index >= 15 is 0 Å². The van der Waals surface area contributed by atoms with Crippen molar-refractivity contribution in [2.24, 2.45) is 11.8 Å². The molecule has 7 rings (SSSR count). The summed E-state index contributed by atoms with van der Waals surface area (Å²) in [5.41, 5.74) is 6.95. The number of halogens is 2. The van der Waals surface area contributed by atoms with Crippen LogP contribution in [-0.4, -0.2) is 76.0 Å². The standard InChI is InChI=1S/C38H41Cl2N5O6/c1-49-35-23(20-45-12-11-22(19-45)38(47)48)15-30(39)36(44-35)51-33-10-9-26-25(5-3-6-27(26)33)28-7-4-8-29(34(28)40)31-18-42-32(37(43-31)50-2)17-41-16-21-13-24(46)14-21/h3-8,15,18,21-22,24,33,41,46H,9-14,16-17,19-20H2,1-2H3,(H,47,48)/t21?,22-,24?,33-/m0/s1. The van der Waals surface area contributed by atoms with Gasteiger partial charge in [0.15, 0.2) is 0 Å². The van der Waals surface area contributed by atoms with Crippen molar-refractivity contribution in [3.8, 4) is 40.0 Å². The summed E-state index contributed by atoms with van der Waals surface area (Å²) < 4.78 is 17.7. The van der Waals surface area contributed by atoms with Crippen LogP contribution in [0.4, 0.5) is 0 Å². The van der Waals surface area contributed by atoms with Crippen LogP contribution in [0.5, 0.6) is 17.6 Å². The summed E-state index contributed by atoms with van der Waals surface area (Å²) in [5.74, 6) is 0.470. The Kier molecular flexibility index (Phi) is 10.6. The lowest BCUT2D eigenvalue weighted by Crippen LogP contribution is -2.36. The van der Waals surface area contributed by atoms with Gasteiger partial charge in [0.05, 0.1) is 43.2 Å². The average Bonchev–Trinajstić information content (AvgIpc) is 3.76. The minimum absolute atomic E-state index is 0.175. The highest BCUT2D eigenvalue weighted by atomic mass is 35.5. The van der Waals surface area contributed by atoms with Gasteiger partial charge in [-0.25, -0.2) is 4.98 Å². The van der Waals surface area contributed by atoms with E-state index in [1.165, 1.54) is 0 Å². The monoisotopic (exact) mass is 733 g/mol. The summed E-state index contributed by atoms with van der Waals surface area (Å²) in [4.78, 5) is 27.6. The number of benzene rings is 2. The first-order chi connectivity index (χ1) is 24.7. The number of carboxylic acid groups (broad SMARTS) is 1. The number of likely N-dealkylation sites (tertiary alicyclic amines) is 1. The second-order valence-electron chi connectivity index (χ2n) is 13.5. The summed E-state index contributed by atoms with van der Waals surface area (Å²) in [6, 6.07) is 13.9. The van der Waals surface area contributed by atoms with E-state index in [1.54, 1.807) is 26.5 Å². The van der Waals surface area contributed by atoms with Crippen molar-refractivity contribution in [3.63, 3.8) is 0 Å². The fourth-order valence-electron chi connectivity index (χ4n) is 7.42. The smallest absolute Gasteiger partial charge is 0.307 e. The number of rotatable bonds is 13. The molecule has 0 radical (unpaired) electrons. The molecular weight excluding hydrogens is 693 g/mol. The second kappa shape index (κ2) is 15.3. The van der Waals surface area contributed by atoms with Crippen molar-refractivity contribution in [3.05, 3.63) is 81.1 Å². The van der Waals surface area contributed by atoms with Gasteiger partial charge >= 0.3 is 5.97 Å². The van der Waals surface area contributed by atoms with Crippen LogP contribution in [0.25, 0.3) is 22.4 Å². The first kappa shape index (κ1) is 35.4. The van der Waals surface area contributed by atoms with Crippen LogP contribution in [0.1, 0.15) is 54.2 Å². The average molecular weight is 735 g/mol. The molecule has 0 spiro atoms. The number of fused-ring (bicyclic) bond motifs is 1. The molecule has 3 aliphatic rings. The molecule has 1 aliphatic heterocycles. The largest absolute Gasteiger partial charge is 0.481 e. The third-order valence-corrected chi connectivity index (χ3v) is 10.8. The second-order valence-corrected chi connectivity index (χ2v) is 14.3. The van der Waals surface area contributed by atoms with Crippen molar-refractivity contribution in [1.29, 1.82) is 0 Å². The topological polar surface area (TPSA) is 139 Å². The number of ether oxygens (including phenoxy) is 3. The number of carbonyl (C=O) groups is 1. The summed E-state index contributed by atoms with van der Waals surface area (Å²) in [5, 5.41) is 23.3. The highest BCUT2D eigenvalue weighted by molar-refractivity contribution is 6.36. The van der Waals surface area contributed by atoms with Gasteiger partial charge < -0.3 is 29.7 Å². The van der Waals surface area contributed by atoms with E-state index in [2.05, 4.69) is 32.3 Å². The quantitative estimate of drug-likeness (QED) is 0.141. The molecule has 0 bridgehead atoms. The number of hydrogen-bond acceptors (Lipinski definition) is 10. The summed E-state index contributed by atoms with van der Waals surface area (Å²) in [7, 11) is 3.14. The molecule has 4 aromatic rings. The van der Waals surface area contributed by atoms with Gasteiger partial charge in [0.25, 0.3) is 0 Å². The minimum atomic E-state index is -0.772. The summed E-state index contributed by atoms with van der Waals surface area (Å²) >= 11 is 13.9. The first-order valence-corrected chi connectivity index (χ1v) is 18.0. The van der Waals surface area contributed by atoms with Crippen LogP contribution < -0.4 is 19.5 Å². The molecule has 1 saturated heterocycles. The number of hydrogen-bond donors (Lipinski definition) is 3. The Morgan fingerprint density at radius 2 is 1.76 bits per heavy atom. The van der Waals surface area contributed by atoms with Gasteiger partial charge in [0, 0.05) is 36.3 Å². The maximum atomic E-state index is 11.4. The molecule has 0 amide bonds. The van der Waals surface area contributed by atoms with Crippen molar-refractivity contribution < 1.29 is 29.2 Å². The number of nitrogens with zero attached hydrogens (tertiary/aromatic N) is 4. The van der Waals surface area contributed by atoms with Gasteiger partial charge in [0.2, 0.25) is 17.6 Å². The Bertz CT molecular complexity index is 1920. The Labute approximate surface area is 306 Å². The fraction of sp³-hybridized carbons (Fsp3) is 0.421. The van der Waals surface area contributed by atoms with Crippen LogP contribution >= 0.6 is 23.2 Å². The van der Waals surface area contributed by atoms with Crippen molar-refractivity contribution in [2.45, 2.75) is 57.4 Å². The first-order valence-electron chi connectivity index (χ1n) is 17.3. The molecule has 2 aromatic carbocycles. The number of carboxylic acids is 1. The Hall–Kier alpha value is -4.00. The van der Waals surface area contributed by atoms with Crippen LogP contribution in [0.3, 0.4) is 0 Å². The van der Waals surface area contributed by atoms with Gasteiger partial charge in [-0.05, 0) is 73.9 Å². The number of aliphatic hydroxyl groups excluding tert-OH is 1. The van der Waals surface area contributed by atoms with Gasteiger partial charge in [0.1, 0.15) is 16.8 Å². The zero-order valence-corrected chi connectivity index (χ0v) is 30.1. The molecule has 51 heavy (non-hydrogen) atoms. The molecular formula is C38H41Cl2N5O6. The third kappa shape index (κ3) is 7.50. The lowest BCUT2D eigenvalue weighted by atomic mass is 9.82. The number of aromatic nitrogens is 3. The molecule has 268 valence electrons. The zero-order valence-electron chi connectivity index (χ0n) is 28.6. The number of methoxy groups -OCH3 is 2. The highest BCUT2D eigenvalue weighted by Crippen LogP contribution is 2.44. The zero-order chi connectivity index (χ0) is 35.6. The molecule has 11 nitrogen and oxygen atoms in total. The van der Waals surface area contributed by atoms with Gasteiger partial charge in [-0.2, -0.15) is 4.98 Å². The van der Waals surface area contributed by atoms with Gasteiger partial charge in [-0.15, -0.1) is 0 Å². The highest BCUT2D eigenvalue weighted by Gasteiger charge is 2.31. The molecule has 3 N–H and O–H groups in total. The van der Waals surface area contributed by atoms with Crippen molar-refractivity contribution in [1.82, 2.24) is 25.2 Å². The van der Waals surface area contributed by atoms with E-state index in [9.17, 15) is 15.0 Å². The molecule has 2 fully saturated rings. The van der Waals surface area contributed by atoms with Gasteiger partial charge in [-0.1, -0.05) is 59.6 Å². The molecule has 13 heteroatoms. The van der Waals surface area contributed by atoms with Crippen LogP contribution in [0.2, 0.25) is 10.0 Å². The number of aliphatic carboxylic acids is 1. The molecule has 0 unspecified atom stereocenters. The van der Waals surface area contributed by atoms with E-state index in [4.69, 9.17) is 42.4 Å². The Morgan fingerprint density at radius 3 is 2.51 bits per heavy atom. The normalized spacial score (nSPS) is 21.3. The molecule has 2 aliphatic carbocycles. The minimum Gasteiger partial charge on any atom is -0.481 e. The van der Waals surface area contributed by atoms with Crippen LogP contribution in [0, 0.1) is 11.8 Å². The summed E-state index contributed by atoms with van der Waals surface area (Å²) in [6.45, 7) is 2.97.